The summed E-state index contributed by atoms with van der Waals surface area (Å²) in [6.45, 7) is 1.28. The Morgan fingerprint density at radius 3 is 2.08 bits per heavy atom. The highest BCUT2D eigenvalue weighted by atomic mass is 35.5. The van der Waals surface area contributed by atoms with E-state index in [1.807, 2.05) is 24.3 Å². The SMILES string of the molecule is Cl.O=C(O)N(CC1c2ccccc2-c2ccccc21)[C@@H]1CNC[C@H]1O. The number of nitrogens with one attached hydrogen (secondary N) is 1. The first-order valence-electron chi connectivity index (χ1n) is 8.23. The first-order valence-corrected chi connectivity index (χ1v) is 8.23. The standard InChI is InChI=1S/C19H20N2O3.ClH/c22-18-10-20-9-17(18)21(19(23)24)11-16-14-7-3-1-5-12(14)13-6-2-4-8-15(13)16;/h1-8,16-18,20,22H,9-11H2,(H,23,24);1H/t17-,18-;/m1./s1. The number of halogens is 1. The quantitative estimate of drug-likeness (QED) is 0.786. The Kier molecular flexibility index (Phi) is 4.99. The van der Waals surface area contributed by atoms with Gasteiger partial charge in [-0.1, -0.05) is 48.5 Å². The first-order chi connectivity index (χ1) is 11.7. The van der Waals surface area contributed by atoms with Crippen molar-refractivity contribution in [2.45, 2.75) is 18.1 Å². The van der Waals surface area contributed by atoms with Crippen molar-refractivity contribution in [2.24, 2.45) is 0 Å². The predicted molar refractivity (Wildman–Crippen MR) is 98.4 cm³/mol. The van der Waals surface area contributed by atoms with E-state index in [4.69, 9.17) is 0 Å². The van der Waals surface area contributed by atoms with Crippen LogP contribution in [0, 0.1) is 0 Å². The van der Waals surface area contributed by atoms with Crippen molar-refractivity contribution >= 4 is 18.5 Å². The third-order valence-electron chi connectivity index (χ3n) is 5.14. The molecule has 0 saturated carbocycles. The molecule has 1 aliphatic heterocycles. The van der Waals surface area contributed by atoms with Gasteiger partial charge in [-0.3, -0.25) is 0 Å². The molecule has 1 fully saturated rings. The smallest absolute Gasteiger partial charge is 0.407 e. The number of carboxylic acid groups (broad SMARTS) is 1. The van der Waals surface area contributed by atoms with E-state index < -0.39 is 18.2 Å². The molecule has 0 aromatic heterocycles. The summed E-state index contributed by atoms with van der Waals surface area (Å²) < 4.78 is 0. The largest absolute Gasteiger partial charge is 0.465 e. The minimum absolute atomic E-state index is 0. The van der Waals surface area contributed by atoms with E-state index in [9.17, 15) is 15.0 Å². The molecule has 132 valence electrons. The maximum absolute atomic E-state index is 11.8. The van der Waals surface area contributed by atoms with Crippen molar-refractivity contribution in [3.8, 4) is 11.1 Å². The maximum Gasteiger partial charge on any atom is 0.407 e. The van der Waals surface area contributed by atoms with Crippen LogP contribution in [0.25, 0.3) is 11.1 Å². The summed E-state index contributed by atoms with van der Waals surface area (Å²) in [7, 11) is 0. The Morgan fingerprint density at radius 2 is 1.60 bits per heavy atom. The summed E-state index contributed by atoms with van der Waals surface area (Å²) in [5.41, 5.74) is 4.66. The van der Waals surface area contributed by atoms with Crippen LogP contribution in [0.1, 0.15) is 17.0 Å². The van der Waals surface area contributed by atoms with E-state index >= 15 is 0 Å². The first kappa shape index (κ1) is 17.7. The fourth-order valence-corrected chi connectivity index (χ4v) is 3.98. The zero-order valence-corrected chi connectivity index (χ0v) is 14.4. The fraction of sp³-hybridized carbons (Fsp3) is 0.316. The molecule has 2 aromatic carbocycles. The molecule has 4 rings (SSSR count). The molecular formula is C19H21ClN2O3. The normalized spacial score (nSPS) is 21.3. The van der Waals surface area contributed by atoms with Gasteiger partial charge in [0.2, 0.25) is 0 Å². The van der Waals surface area contributed by atoms with Gasteiger partial charge in [0, 0.05) is 25.6 Å². The van der Waals surface area contributed by atoms with Crippen molar-refractivity contribution in [1.29, 1.82) is 0 Å². The number of amides is 1. The summed E-state index contributed by atoms with van der Waals surface area (Å²) in [6.07, 6.45) is -1.64. The van der Waals surface area contributed by atoms with Gasteiger partial charge in [-0.05, 0) is 22.3 Å². The van der Waals surface area contributed by atoms with Gasteiger partial charge >= 0.3 is 6.09 Å². The highest BCUT2D eigenvalue weighted by Gasteiger charge is 2.37. The van der Waals surface area contributed by atoms with Crippen LogP contribution < -0.4 is 5.32 Å². The Hall–Kier alpha value is -2.08. The van der Waals surface area contributed by atoms with Crippen molar-refractivity contribution in [3.05, 3.63) is 59.7 Å². The molecule has 0 unspecified atom stereocenters. The molecule has 25 heavy (non-hydrogen) atoms. The van der Waals surface area contributed by atoms with E-state index in [0.29, 0.717) is 19.6 Å². The number of aliphatic hydroxyl groups excluding tert-OH is 1. The van der Waals surface area contributed by atoms with Crippen molar-refractivity contribution in [3.63, 3.8) is 0 Å². The van der Waals surface area contributed by atoms with Gasteiger partial charge in [-0.15, -0.1) is 12.4 Å². The van der Waals surface area contributed by atoms with Gasteiger partial charge in [-0.2, -0.15) is 0 Å². The molecule has 6 heteroatoms. The lowest BCUT2D eigenvalue weighted by molar-refractivity contribution is 0.0728. The minimum atomic E-state index is -0.982. The number of carbonyl (C=O) groups is 1. The number of β-amino-alcohol motifs (C(OH)–C–C–N with tert-alkyl or cyclic N) is 1. The molecule has 0 radical (unpaired) electrons. The number of rotatable bonds is 3. The molecule has 2 aliphatic rings. The molecule has 0 spiro atoms. The lowest BCUT2D eigenvalue weighted by atomic mass is 9.95. The molecule has 3 N–H and O–H groups in total. The molecule has 1 saturated heterocycles. The molecule has 2 atom stereocenters. The molecule has 1 heterocycles. The number of hydrogen-bond acceptors (Lipinski definition) is 3. The third kappa shape index (κ3) is 2.99. The summed E-state index contributed by atoms with van der Waals surface area (Å²) in [4.78, 5) is 13.2. The highest BCUT2D eigenvalue weighted by Crippen LogP contribution is 2.45. The maximum atomic E-state index is 11.8. The van der Waals surface area contributed by atoms with Gasteiger partial charge in [0.15, 0.2) is 0 Å². The average Bonchev–Trinajstić information content (AvgIpc) is 3.14. The molecule has 2 aromatic rings. The van der Waals surface area contributed by atoms with E-state index in [2.05, 4.69) is 29.6 Å². The number of aliphatic hydroxyl groups is 1. The molecule has 5 nitrogen and oxygen atoms in total. The Labute approximate surface area is 152 Å². The van der Waals surface area contributed by atoms with Gasteiger partial charge in [0.25, 0.3) is 0 Å². The Morgan fingerprint density at radius 1 is 1.04 bits per heavy atom. The number of fused-ring (bicyclic) bond motifs is 3. The van der Waals surface area contributed by atoms with Crippen LogP contribution in [0.15, 0.2) is 48.5 Å². The van der Waals surface area contributed by atoms with E-state index in [0.717, 1.165) is 11.1 Å². The topological polar surface area (TPSA) is 72.8 Å². The Bertz CT molecular complexity index is 737. The lowest BCUT2D eigenvalue weighted by Crippen LogP contribution is -2.48. The summed E-state index contributed by atoms with van der Waals surface area (Å²) >= 11 is 0. The monoisotopic (exact) mass is 360 g/mol. The summed E-state index contributed by atoms with van der Waals surface area (Å²) in [6, 6.07) is 15.9. The zero-order chi connectivity index (χ0) is 16.7. The van der Waals surface area contributed by atoms with Crippen LogP contribution in [-0.4, -0.2) is 53.0 Å². The van der Waals surface area contributed by atoms with Crippen LogP contribution in [0.4, 0.5) is 4.79 Å². The van der Waals surface area contributed by atoms with Crippen molar-refractivity contribution in [1.82, 2.24) is 10.2 Å². The van der Waals surface area contributed by atoms with Crippen LogP contribution >= 0.6 is 12.4 Å². The van der Waals surface area contributed by atoms with Crippen LogP contribution in [0.2, 0.25) is 0 Å². The second kappa shape index (κ2) is 7.04. The predicted octanol–water partition coefficient (Wildman–Crippen LogP) is 2.53. The van der Waals surface area contributed by atoms with Gasteiger partial charge in [0.1, 0.15) is 0 Å². The van der Waals surface area contributed by atoms with Crippen LogP contribution in [0.3, 0.4) is 0 Å². The van der Waals surface area contributed by atoms with Gasteiger partial charge in [-0.25, -0.2) is 4.79 Å². The molecule has 1 aliphatic carbocycles. The van der Waals surface area contributed by atoms with Crippen LogP contribution in [-0.2, 0) is 0 Å². The third-order valence-corrected chi connectivity index (χ3v) is 5.14. The molecule has 0 bridgehead atoms. The van der Waals surface area contributed by atoms with Gasteiger partial charge < -0.3 is 20.4 Å². The second-order valence-electron chi connectivity index (χ2n) is 6.45. The van der Waals surface area contributed by atoms with Crippen LogP contribution in [0.5, 0.6) is 0 Å². The highest BCUT2D eigenvalue weighted by molar-refractivity contribution is 5.85. The number of benzene rings is 2. The Balaban J connectivity index is 0.00000182. The van der Waals surface area contributed by atoms with Crippen molar-refractivity contribution in [2.75, 3.05) is 19.6 Å². The molecular weight excluding hydrogens is 340 g/mol. The molecule has 1 amide bonds. The van der Waals surface area contributed by atoms with Crippen molar-refractivity contribution < 1.29 is 15.0 Å². The van der Waals surface area contributed by atoms with E-state index in [1.54, 1.807) is 0 Å². The fourth-order valence-electron chi connectivity index (χ4n) is 3.98. The summed E-state index contributed by atoms with van der Waals surface area (Å²) in [5.74, 6) is 0.00120. The zero-order valence-electron chi connectivity index (χ0n) is 13.6. The summed E-state index contributed by atoms with van der Waals surface area (Å²) in [5, 5.41) is 22.9. The second-order valence-corrected chi connectivity index (χ2v) is 6.45. The number of hydrogen-bond donors (Lipinski definition) is 3. The number of nitrogens with zero attached hydrogens (tertiary/aromatic N) is 1. The lowest BCUT2D eigenvalue weighted by Gasteiger charge is -2.30. The average molecular weight is 361 g/mol. The van der Waals surface area contributed by atoms with E-state index in [-0.39, 0.29) is 18.3 Å². The minimum Gasteiger partial charge on any atom is -0.465 e. The van der Waals surface area contributed by atoms with Gasteiger partial charge in [0.05, 0.1) is 12.1 Å². The van der Waals surface area contributed by atoms with E-state index in [1.165, 1.54) is 16.0 Å².